The van der Waals surface area contributed by atoms with Gasteiger partial charge < -0.3 is 18.9 Å². The summed E-state index contributed by atoms with van der Waals surface area (Å²) in [6.45, 7) is 2.13. The van der Waals surface area contributed by atoms with E-state index in [1.807, 2.05) is 0 Å². The Morgan fingerprint density at radius 2 is 2.28 bits per heavy atom. The van der Waals surface area contributed by atoms with E-state index in [2.05, 4.69) is 10.1 Å². The van der Waals surface area contributed by atoms with Gasteiger partial charge in [0.1, 0.15) is 6.04 Å². The van der Waals surface area contributed by atoms with Crippen LogP contribution in [0, 0.1) is 12.7 Å². The number of likely N-dealkylation sites (tertiary alicyclic amines) is 1. The fourth-order valence-corrected chi connectivity index (χ4v) is 3.45. The lowest BCUT2D eigenvalue weighted by Crippen LogP contribution is -2.41. The fraction of sp³-hybridized carbons (Fsp3) is 0.471. The van der Waals surface area contributed by atoms with Gasteiger partial charge in [0.05, 0.1) is 6.10 Å². The van der Waals surface area contributed by atoms with Crippen molar-refractivity contribution in [2.75, 3.05) is 13.7 Å². The number of amides is 1. The number of fused-ring (bicyclic) bond motifs is 1. The normalized spacial score (nSPS) is 25.1. The Labute approximate surface area is 143 Å². The minimum atomic E-state index is -0.756. The number of methoxy groups -OCH3 is 1. The number of hydrogen-bond acceptors (Lipinski definition) is 6. The highest BCUT2D eigenvalue weighted by molar-refractivity contribution is 5.83. The SMILES string of the molecule is CO[C@H]1C[C@H](c2nc(C)no2)N(C(=O)[C@H]2Cc3cccc(F)c3O2)C1. The van der Waals surface area contributed by atoms with Crippen LogP contribution in [0.25, 0.3) is 0 Å². The summed E-state index contributed by atoms with van der Waals surface area (Å²) in [5, 5.41) is 3.80. The standard InChI is InChI=1S/C17H18FN3O4/c1-9-19-16(25-20-9)13-7-11(23-2)8-21(13)17(22)14-6-10-4-3-5-12(18)15(10)24-14/h3-5,11,13-14H,6-8H2,1-2H3/t11-,13+,14+/m0/s1. The van der Waals surface area contributed by atoms with E-state index < -0.39 is 11.9 Å². The van der Waals surface area contributed by atoms with E-state index in [0.29, 0.717) is 36.7 Å². The van der Waals surface area contributed by atoms with Gasteiger partial charge in [0, 0.05) is 32.1 Å². The Kier molecular flexibility index (Phi) is 3.91. The zero-order chi connectivity index (χ0) is 17.6. The summed E-state index contributed by atoms with van der Waals surface area (Å²) in [5.41, 5.74) is 0.700. The Bertz CT molecular complexity index is 809. The van der Waals surface area contributed by atoms with Crippen molar-refractivity contribution in [3.8, 4) is 5.75 Å². The molecular weight excluding hydrogens is 329 g/mol. The topological polar surface area (TPSA) is 77.7 Å². The van der Waals surface area contributed by atoms with E-state index in [-0.39, 0.29) is 23.8 Å². The minimum absolute atomic E-state index is 0.123. The van der Waals surface area contributed by atoms with Crippen molar-refractivity contribution in [1.29, 1.82) is 0 Å². The molecule has 1 aromatic heterocycles. The van der Waals surface area contributed by atoms with Crippen LogP contribution in [0.3, 0.4) is 0 Å². The van der Waals surface area contributed by atoms with Crippen molar-refractivity contribution < 1.29 is 23.2 Å². The molecule has 0 radical (unpaired) electrons. The predicted molar refractivity (Wildman–Crippen MR) is 83.4 cm³/mol. The first-order valence-electron chi connectivity index (χ1n) is 8.14. The van der Waals surface area contributed by atoms with Crippen molar-refractivity contribution >= 4 is 5.91 Å². The van der Waals surface area contributed by atoms with E-state index >= 15 is 0 Å². The van der Waals surface area contributed by atoms with Gasteiger partial charge in [0.15, 0.2) is 23.5 Å². The summed E-state index contributed by atoms with van der Waals surface area (Å²) in [5.74, 6) is 0.375. The van der Waals surface area contributed by atoms with E-state index in [9.17, 15) is 9.18 Å². The van der Waals surface area contributed by atoms with Crippen LogP contribution in [0.4, 0.5) is 4.39 Å². The van der Waals surface area contributed by atoms with Gasteiger partial charge in [0.2, 0.25) is 5.89 Å². The van der Waals surface area contributed by atoms with Crippen LogP contribution in [0.5, 0.6) is 5.75 Å². The molecule has 1 saturated heterocycles. The molecule has 25 heavy (non-hydrogen) atoms. The van der Waals surface area contributed by atoms with Crippen molar-refractivity contribution in [3.05, 3.63) is 41.3 Å². The summed E-state index contributed by atoms with van der Waals surface area (Å²) in [4.78, 5) is 18.9. The first-order valence-corrected chi connectivity index (χ1v) is 8.14. The third-order valence-corrected chi connectivity index (χ3v) is 4.70. The van der Waals surface area contributed by atoms with Crippen LogP contribution in [-0.2, 0) is 16.0 Å². The number of carbonyl (C=O) groups excluding carboxylic acids is 1. The zero-order valence-electron chi connectivity index (χ0n) is 13.9. The second-order valence-electron chi connectivity index (χ2n) is 6.32. The molecule has 4 rings (SSSR count). The van der Waals surface area contributed by atoms with Crippen molar-refractivity contribution in [3.63, 3.8) is 0 Å². The smallest absolute Gasteiger partial charge is 0.264 e. The van der Waals surface area contributed by atoms with E-state index in [1.165, 1.54) is 6.07 Å². The third-order valence-electron chi connectivity index (χ3n) is 4.70. The molecule has 0 spiro atoms. The molecule has 0 N–H and O–H groups in total. The highest BCUT2D eigenvalue weighted by atomic mass is 19.1. The molecule has 132 valence electrons. The van der Waals surface area contributed by atoms with Crippen LogP contribution in [0.2, 0.25) is 0 Å². The van der Waals surface area contributed by atoms with Crippen molar-refractivity contribution in [1.82, 2.24) is 15.0 Å². The van der Waals surface area contributed by atoms with Crippen LogP contribution in [0.15, 0.2) is 22.7 Å². The van der Waals surface area contributed by atoms with Gasteiger partial charge in [-0.05, 0) is 13.0 Å². The summed E-state index contributed by atoms with van der Waals surface area (Å²) in [6.07, 6.45) is 0.0313. The third kappa shape index (κ3) is 2.76. The number of nitrogens with zero attached hydrogens (tertiary/aromatic N) is 3. The number of halogens is 1. The molecule has 3 atom stereocenters. The van der Waals surface area contributed by atoms with Gasteiger partial charge in [-0.25, -0.2) is 4.39 Å². The fourth-order valence-electron chi connectivity index (χ4n) is 3.45. The molecule has 2 aliphatic rings. The molecule has 0 aliphatic carbocycles. The quantitative estimate of drug-likeness (QED) is 0.843. The molecule has 0 unspecified atom stereocenters. The lowest BCUT2D eigenvalue weighted by Gasteiger charge is -2.24. The monoisotopic (exact) mass is 347 g/mol. The van der Waals surface area contributed by atoms with Crippen molar-refractivity contribution in [2.24, 2.45) is 0 Å². The van der Waals surface area contributed by atoms with Crippen LogP contribution in [0.1, 0.15) is 29.7 Å². The van der Waals surface area contributed by atoms with Gasteiger partial charge >= 0.3 is 0 Å². The van der Waals surface area contributed by atoms with Crippen LogP contribution >= 0.6 is 0 Å². The molecule has 1 aromatic carbocycles. The van der Waals surface area contributed by atoms with Gasteiger partial charge in [-0.3, -0.25) is 4.79 Å². The predicted octanol–water partition coefficient (Wildman–Crippen LogP) is 1.81. The number of rotatable bonds is 3. The lowest BCUT2D eigenvalue weighted by molar-refractivity contribution is -0.139. The van der Waals surface area contributed by atoms with Gasteiger partial charge in [0.25, 0.3) is 5.91 Å². The molecule has 1 fully saturated rings. The number of benzene rings is 1. The molecule has 3 heterocycles. The number of aryl methyl sites for hydroxylation is 1. The summed E-state index contributed by atoms with van der Waals surface area (Å²) >= 11 is 0. The average Bonchev–Trinajstić information content (AvgIpc) is 3.31. The highest BCUT2D eigenvalue weighted by Gasteiger charge is 2.44. The first kappa shape index (κ1) is 16.0. The Morgan fingerprint density at radius 1 is 1.44 bits per heavy atom. The molecule has 0 saturated carbocycles. The van der Waals surface area contributed by atoms with E-state index in [4.69, 9.17) is 14.0 Å². The average molecular weight is 347 g/mol. The molecule has 7 nitrogen and oxygen atoms in total. The summed E-state index contributed by atoms with van der Waals surface area (Å²) < 4.78 is 30.1. The van der Waals surface area contributed by atoms with Crippen molar-refractivity contribution in [2.45, 2.75) is 38.0 Å². The Hall–Kier alpha value is -2.48. The Balaban J connectivity index is 1.57. The van der Waals surface area contributed by atoms with E-state index in [0.717, 1.165) is 0 Å². The molecule has 8 heteroatoms. The first-order chi connectivity index (χ1) is 12.1. The minimum Gasteiger partial charge on any atom is -0.477 e. The maximum Gasteiger partial charge on any atom is 0.264 e. The van der Waals surface area contributed by atoms with Gasteiger partial charge in [-0.2, -0.15) is 4.98 Å². The van der Waals surface area contributed by atoms with Gasteiger partial charge in [-0.15, -0.1) is 0 Å². The van der Waals surface area contributed by atoms with E-state index in [1.54, 1.807) is 31.1 Å². The van der Waals surface area contributed by atoms with Gasteiger partial charge in [-0.1, -0.05) is 17.3 Å². The maximum absolute atomic E-state index is 13.9. The van der Waals surface area contributed by atoms with Crippen LogP contribution < -0.4 is 4.74 Å². The maximum atomic E-state index is 13.9. The second-order valence-corrected chi connectivity index (χ2v) is 6.32. The van der Waals surface area contributed by atoms with Crippen LogP contribution in [-0.4, -0.2) is 46.8 Å². The molecule has 0 bridgehead atoms. The summed E-state index contributed by atoms with van der Waals surface area (Å²) in [7, 11) is 1.60. The molecule has 2 aromatic rings. The molecule has 1 amide bonds. The number of hydrogen-bond donors (Lipinski definition) is 0. The number of ether oxygens (including phenoxy) is 2. The lowest BCUT2D eigenvalue weighted by atomic mass is 10.1. The second kappa shape index (κ2) is 6.11. The zero-order valence-corrected chi connectivity index (χ0v) is 13.9. The largest absolute Gasteiger partial charge is 0.477 e. The molecule has 2 aliphatic heterocycles. The number of carbonyl (C=O) groups is 1. The Morgan fingerprint density at radius 3 is 2.96 bits per heavy atom. The number of aromatic nitrogens is 2. The molecular formula is C17H18FN3O4. The number of para-hydroxylation sites is 1. The highest BCUT2D eigenvalue weighted by Crippen LogP contribution is 2.36. The summed E-state index contributed by atoms with van der Waals surface area (Å²) in [6, 6.07) is 4.35.